The number of unbranched alkanes of at least 4 members (excludes halogenated alkanes) is 3. The number of Topliss-reactive ketones (excluding diaryl/α,β-unsaturated/α-hetero) is 1. The van der Waals surface area contributed by atoms with Gasteiger partial charge in [-0.15, -0.1) is 11.8 Å². The topological polar surface area (TPSA) is 17.1 Å². The smallest absolute Gasteiger partial charge is 0.170 e. The summed E-state index contributed by atoms with van der Waals surface area (Å²) >= 11 is 1.64. The quantitative estimate of drug-likeness (QED) is 0.263. The summed E-state index contributed by atoms with van der Waals surface area (Å²) in [6.07, 6.45) is 11.9. The second-order valence-corrected chi connectivity index (χ2v) is 7.14. The maximum absolute atomic E-state index is 13.1. The van der Waals surface area contributed by atoms with E-state index in [9.17, 15) is 4.79 Å². The number of thioether (sulfide) groups is 1. The van der Waals surface area contributed by atoms with Crippen molar-refractivity contribution in [3.63, 3.8) is 0 Å². The largest absolute Gasteiger partial charge is 0.293 e. The van der Waals surface area contributed by atoms with Gasteiger partial charge in [0, 0.05) is 16.4 Å². The Labute approximate surface area is 156 Å². The average molecular weight is 353 g/mol. The van der Waals surface area contributed by atoms with Crippen molar-refractivity contribution in [2.24, 2.45) is 5.92 Å². The van der Waals surface area contributed by atoms with Crippen molar-refractivity contribution in [2.45, 2.75) is 43.9 Å². The average Bonchev–Trinajstić information content (AvgIpc) is 2.67. The number of carbonyl (C=O) groups is 1. The number of benzene rings is 2. The van der Waals surface area contributed by atoms with Gasteiger partial charge in [0.05, 0.1) is 0 Å². The van der Waals surface area contributed by atoms with Gasteiger partial charge in [-0.1, -0.05) is 93.3 Å². The first kappa shape index (κ1) is 19.5. The van der Waals surface area contributed by atoms with E-state index in [0.717, 1.165) is 28.9 Å². The fourth-order valence-electron chi connectivity index (χ4n) is 2.95. The lowest BCUT2D eigenvalue weighted by molar-refractivity contribution is 0.0936. The Morgan fingerprint density at radius 3 is 2.44 bits per heavy atom. The highest BCUT2D eigenvalue weighted by Crippen LogP contribution is 2.26. The van der Waals surface area contributed by atoms with Gasteiger partial charge in [-0.25, -0.2) is 0 Å². The van der Waals surface area contributed by atoms with Gasteiger partial charge >= 0.3 is 0 Å². The summed E-state index contributed by atoms with van der Waals surface area (Å²) < 4.78 is 0. The van der Waals surface area contributed by atoms with Gasteiger partial charge in [0.1, 0.15) is 0 Å². The van der Waals surface area contributed by atoms with Gasteiger partial charge in [-0.2, -0.15) is 0 Å². The maximum Gasteiger partial charge on any atom is 0.170 e. The van der Waals surface area contributed by atoms with Gasteiger partial charge in [0.2, 0.25) is 0 Å². The fourth-order valence-corrected chi connectivity index (χ4v) is 3.55. The molecule has 0 radical (unpaired) electrons. The molecule has 0 saturated heterocycles. The van der Waals surface area contributed by atoms with E-state index in [1.807, 2.05) is 48.7 Å². The normalized spacial score (nSPS) is 12.4. The van der Waals surface area contributed by atoms with Crippen molar-refractivity contribution < 1.29 is 4.79 Å². The van der Waals surface area contributed by atoms with Crippen LogP contribution in [0.2, 0.25) is 0 Å². The van der Waals surface area contributed by atoms with E-state index in [1.54, 1.807) is 11.8 Å². The van der Waals surface area contributed by atoms with Crippen molar-refractivity contribution in [2.75, 3.05) is 6.26 Å². The molecule has 25 heavy (non-hydrogen) atoms. The van der Waals surface area contributed by atoms with Crippen molar-refractivity contribution >= 4 is 23.6 Å². The lowest BCUT2D eigenvalue weighted by atomic mass is 9.91. The van der Waals surface area contributed by atoms with Crippen molar-refractivity contribution in [1.82, 2.24) is 0 Å². The molecule has 2 heteroatoms. The molecule has 2 aromatic rings. The van der Waals surface area contributed by atoms with Crippen LogP contribution in [0.5, 0.6) is 0 Å². The molecule has 0 spiro atoms. The zero-order valence-electron chi connectivity index (χ0n) is 15.3. The Bertz CT molecular complexity index is 676. The Hall–Kier alpha value is -1.80. The summed E-state index contributed by atoms with van der Waals surface area (Å²) in [5.74, 6) is 0.194. The van der Waals surface area contributed by atoms with Crippen LogP contribution in [0.4, 0.5) is 0 Å². The van der Waals surface area contributed by atoms with Gasteiger partial charge in [-0.05, 0) is 24.3 Å². The first-order valence-electron chi connectivity index (χ1n) is 9.16. The summed E-state index contributed by atoms with van der Waals surface area (Å²) in [6, 6.07) is 18.2. The Morgan fingerprint density at radius 2 is 1.72 bits per heavy atom. The highest BCUT2D eigenvalue weighted by molar-refractivity contribution is 7.98. The standard InChI is InChI=1S/C23H28OS/c1-3-4-5-9-14-20(18-17-19-12-7-6-8-13-19)23(24)21-15-10-11-16-22(21)25-2/h6-8,10-13,15-18,20H,3-5,9,14H2,1-2H3/b18-17+/t20-/m0/s1. The number of hydrogen-bond donors (Lipinski definition) is 0. The van der Waals surface area contributed by atoms with Crippen LogP contribution in [-0.2, 0) is 0 Å². The number of hydrogen-bond acceptors (Lipinski definition) is 2. The highest BCUT2D eigenvalue weighted by Gasteiger charge is 2.19. The number of allylic oxidation sites excluding steroid dienone is 1. The fraction of sp³-hybridized carbons (Fsp3) is 0.348. The predicted molar refractivity (Wildman–Crippen MR) is 110 cm³/mol. The van der Waals surface area contributed by atoms with Gasteiger partial charge in [-0.3, -0.25) is 4.79 Å². The molecule has 0 amide bonds. The first-order chi connectivity index (χ1) is 12.3. The molecule has 0 aromatic heterocycles. The Kier molecular flexibility index (Phi) is 8.54. The molecule has 2 rings (SSSR count). The molecule has 0 bridgehead atoms. The predicted octanol–water partition coefficient (Wildman–Crippen LogP) is 6.89. The minimum Gasteiger partial charge on any atom is -0.293 e. The maximum atomic E-state index is 13.1. The molecule has 0 aliphatic rings. The number of carbonyl (C=O) groups excluding carboxylic acids is 1. The third kappa shape index (κ3) is 6.21. The second kappa shape index (κ2) is 10.9. The van der Waals surface area contributed by atoms with Crippen LogP contribution in [0.1, 0.15) is 54.9 Å². The van der Waals surface area contributed by atoms with Crippen molar-refractivity contribution in [3.8, 4) is 0 Å². The van der Waals surface area contributed by atoms with E-state index < -0.39 is 0 Å². The van der Waals surface area contributed by atoms with Crippen LogP contribution >= 0.6 is 11.8 Å². The van der Waals surface area contributed by atoms with E-state index in [1.165, 1.54) is 19.3 Å². The van der Waals surface area contributed by atoms with Gasteiger partial charge < -0.3 is 0 Å². The van der Waals surface area contributed by atoms with Crippen LogP contribution in [-0.4, -0.2) is 12.0 Å². The molecule has 2 aromatic carbocycles. The summed E-state index contributed by atoms with van der Waals surface area (Å²) in [6.45, 7) is 2.21. The monoisotopic (exact) mass is 352 g/mol. The van der Waals surface area contributed by atoms with E-state index in [4.69, 9.17) is 0 Å². The molecule has 132 valence electrons. The van der Waals surface area contributed by atoms with Crippen LogP contribution in [0.3, 0.4) is 0 Å². The van der Waals surface area contributed by atoms with Gasteiger partial charge in [0.15, 0.2) is 5.78 Å². The Morgan fingerprint density at radius 1 is 1.00 bits per heavy atom. The molecule has 0 unspecified atom stereocenters. The van der Waals surface area contributed by atoms with E-state index in [-0.39, 0.29) is 11.7 Å². The zero-order chi connectivity index (χ0) is 17.9. The van der Waals surface area contributed by atoms with E-state index in [2.05, 4.69) is 31.2 Å². The summed E-state index contributed by atoms with van der Waals surface area (Å²) in [7, 11) is 0. The molecule has 1 atom stereocenters. The molecule has 0 aliphatic heterocycles. The lowest BCUT2D eigenvalue weighted by Crippen LogP contribution is -2.13. The first-order valence-corrected chi connectivity index (χ1v) is 10.4. The Balaban J connectivity index is 2.17. The summed E-state index contributed by atoms with van der Waals surface area (Å²) in [5.41, 5.74) is 2.00. The minimum atomic E-state index is -0.0506. The van der Waals surface area contributed by atoms with Crippen molar-refractivity contribution in [3.05, 3.63) is 71.8 Å². The minimum absolute atomic E-state index is 0.0506. The number of rotatable bonds is 10. The molecule has 1 nitrogen and oxygen atoms in total. The molecule has 0 heterocycles. The zero-order valence-corrected chi connectivity index (χ0v) is 16.1. The lowest BCUT2D eigenvalue weighted by Gasteiger charge is -2.14. The summed E-state index contributed by atoms with van der Waals surface area (Å²) in [5, 5.41) is 0. The number of ketones is 1. The summed E-state index contributed by atoms with van der Waals surface area (Å²) in [4.78, 5) is 14.2. The van der Waals surface area contributed by atoms with Crippen LogP contribution < -0.4 is 0 Å². The SMILES string of the molecule is CCCCCC[C@@H](/C=C/c1ccccc1)C(=O)c1ccccc1SC. The third-order valence-electron chi connectivity index (χ3n) is 4.40. The van der Waals surface area contributed by atoms with E-state index >= 15 is 0 Å². The molecular formula is C23H28OS. The van der Waals surface area contributed by atoms with E-state index in [0.29, 0.717) is 0 Å². The molecule has 0 N–H and O–H groups in total. The molecule has 0 saturated carbocycles. The van der Waals surface area contributed by atoms with Gasteiger partial charge in [0.25, 0.3) is 0 Å². The van der Waals surface area contributed by atoms with Crippen LogP contribution in [0, 0.1) is 5.92 Å². The second-order valence-electron chi connectivity index (χ2n) is 6.29. The van der Waals surface area contributed by atoms with Crippen LogP contribution in [0.15, 0.2) is 65.6 Å². The van der Waals surface area contributed by atoms with Crippen molar-refractivity contribution in [1.29, 1.82) is 0 Å². The third-order valence-corrected chi connectivity index (χ3v) is 5.19. The molecule has 0 aliphatic carbocycles. The van der Waals surface area contributed by atoms with Crippen LogP contribution in [0.25, 0.3) is 6.08 Å². The molecular weight excluding hydrogens is 324 g/mol. The molecule has 0 fully saturated rings. The highest BCUT2D eigenvalue weighted by atomic mass is 32.2.